The molecule has 0 saturated carbocycles. The molecule has 0 aliphatic carbocycles. The molecule has 14 heavy (non-hydrogen) atoms. The standard InChI is InChI=1S/C11H19ClO2/c12-7-9-3-2-6-14-11(9)10-4-1-5-13-8-10/h9-11H,1-8H2. The highest BCUT2D eigenvalue weighted by Crippen LogP contribution is 2.31. The molecule has 0 N–H and O–H groups in total. The molecule has 3 atom stereocenters. The Morgan fingerprint density at radius 1 is 1.14 bits per heavy atom. The van der Waals surface area contributed by atoms with Gasteiger partial charge in [-0.1, -0.05) is 0 Å². The van der Waals surface area contributed by atoms with Gasteiger partial charge in [-0.25, -0.2) is 0 Å². The second-order valence-electron chi connectivity index (χ2n) is 4.37. The van der Waals surface area contributed by atoms with Crippen LogP contribution >= 0.6 is 11.6 Å². The first-order chi connectivity index (χ1) is 6.92. The van der Waals surface area contributed by atoms with Gasteiger partial charge in [0, 0.05) is 25.0 Å². The highest BCUT2D eigenvalue weighted by Gasteiger charge is 2.33. The lowest BCUT2D eigenvalue weighted by atomic mass is 9.84. The zero-order valence-electron chi connectivity index (χ0n) is 8.58. The second-order valence-corrected chi connectivity index (χ2v) is 4.68. The number of hydrogen-bond acceptors (Lipinski definition) is 2. The van der Waals surface area contributed by atoms with Crippen LogP contribution < -0.4 is 0 Å². The summed E-state index contributed by atoms with van der Waals surface area (Å²) in [4.78, 5) is 0. The molecule has 2 aliphatic heterocycles. The van der Waals surface area contributed by atoms with E-state index < -0.39 is 0 Å². The summed E-state index contributed by atoms with van der Waals surface area (Å²) in [5, 5.41) is 0. The van der Waals surface area contributed by atoms with Crippen LogP contribution in [0.3, 0.4) is 0 Å². The van der Waals surface area contributed by atoms with Gasteiger partial charge in [0.2, 0.25) is 0 Å². The Morgan fingerprint density at radius 3 is 2.71 bits per heavy atom. The van der Waals surface area contributed by atoms with Crippen molar-refractivity contribution in [1.29, 1.82) is 0 Å². The van der Waals surface area contributed by atoms with Crippen LogP contribution in [-0.2, 0) is 9.47 Å². The molecule has 0 bridgehead atoms. The van der Waals surface area contributed by atoms with E-state index in [0.717, 1.165) is 25.7 Å². The molecule has 82 valence electrons. The third-order valence-electron chi connectivity index (χ3n) is 3.35. The molecule has 0 radical (unpaired) electrons. The van der Waals surface area contributed by atoms with E-state index in [1.54, 1.807) is 0 Å². The molecule has 0 amide bonds. The van der Waals surface area contributed by atoms with Crippen molar-refractivity contribution in [2.45, 2.75) is 31.8 Å². The van der Waals surface area contributed by atoms with Crippen molar-refractivity contribution in [1.82, 2.24) is 0 Å². The van der Waals surface area contributed by atoms with Gasteiger partial charge in [-0.05, 0) is 31.6 Å². The van der Waals surface area contributed by atoms with Crippen molar-refractivity contribution in [3.8, 4) is 0 Å². The van der Waals surface area contributed by atoms with Gasteiger partial charge in [0.05, 0.1) is 12.7 Å². The van der Waals surface area contributed by atoms with Crippen LogP contribution in [0.1, 0.15) is 25.7 Å². The fourth-order valence-corrected chi connectivity index (χ4v) is 2.91. The number of ether oxygens (including phenoxy) is 2. The van der Waals surface area contributed by atoms with Crippen LogP contribution in [0.5, 0.6) is 0 Å². The average molecular weight is 219 g/mol. The average Bonchev–Trinajstić information content (AvgIpc) is 2.30. The Labute approximate surface area is 90.9 Å². The number of alkyl halides is 1. The fourth-order valence-electron chi connectivity index (χ4n) is 2.58. The van der Waals surface area contributed by atoms with Crippen molar-refractivity contribution in [2.24, 2.45) is 11.8 Å². The molecule has 3 heteroatoms. The summed E-state index contributed by atoms with van der Waals surface area (Å²) in [6.07, 6.45) is 5.19. The van der Waals surface area contributed by atoms with E-state index in [9.17, 15) is 0 Å². The highest BCUT2D eigenvalue weighted by molar-refractivity contribution is 6.18. The summed E-state index contributed by atoms with van der Waals surface area (Å²) >= 11 is 5.97. The molecule has 2 rings (SSSR count). The quantitative estimate of drug-likeness (QED) is 0.663. The van der Waals surface area contributed by atoms with Gasteiger partial charge in [0.1, 0.15) is 0 Å². The summed E-state index contributed by atoms with van der Waals surface area (Å²) in [7, 11) is 0. The van der Waals surface area contributed by atoms with Crippen molar-refractivity contribution in [3.63, 3.8) is 0 Å². The third-order valence-corrected chi connectivity index (χ3v) is 3.75. The van der Waals surface area contributed by atoms with Crippen molar-refractivity contribution in [2.75, 3.05) is 25.7 Å². The predicted octanol–water partition coefficient (Wildman–Crippen LogP) is 2.45. The van der Waals surface area contributed by atoms with Gasteiger partial charge in [-0.15, -0.1) is 11.6 Å². The topological polar surface area (TPSA) is 18.5 Å². The largest absolute Gasteiger partial charge is 0.381 e. The van der Waals surface area contributed by atoms with Crippen molar-refractivity contribution in [3.05, 3.63) is 0 Å². The Bertz CT molecular complexity index is 169. The lowest BCUT2D eigenvalue weighted by Gasteiger charge is -2.37. The van der Waals surface area contributed by atoms with Gasteiger partial charge < -0.3 is 9.47 Å². The van der Waals surface area contributed by atoms with E-state index in [2.05, 4.69) is 0 Å². The van der Waals surface area contributed by atoms with Crippen molar-refractivity contribution < 1.29 is 9.47 Å². The minimum absolute atomic E-state index is 0.363. The van der Waals surface area contributed by atoms with E-state index in [-0.39, 0.29) is 0 Å². The van der Waals surface area contributed by atoms with Crippen molar-refractivity contribution >= 4 is 11.6 Å². The van der Waals surface area contributed by atoms with Crippen LogP contribution in [0.25, 0.3) is 0 Å². The van der Waals surface area contributed by atoms with Gasteiger partial charge >= 0.3 is 0 Å². The van der Waals surface area contributed by atoms with E-state index in [4.69, 9.17) is 21.1 Å². The molecule has 3 unspecified atom stereocenters. The van der Waals surface area contributed by atoms with Crippen LogP contribution in [0.2, 0.25) is 0 Å². The maximum atomic E-state index is 5.97. The smallest absolute Gasteiger partial charge is 0.0664 e. The van der Waals surface area contributed by atoms with Crippen LogP contribution in [0.15, 0.2) is 0 Å². The molecule has 2 saturated heterocycles. The summed E-state index contributed by atoms with van der Waals surface area (Å²) < 4.78 is 11.4. The summed E-state index contributed by atoms with van der Waals surface area (Å²) in [5.74, 6) is 1.88. The number of hydrogen-bond donors (Lipinski definition) is 0. The molecule has 0 aromatic carbocycles. The number of halogens is 1. The third kappa shape index (κ3) is 2.41. The maximum Gasteiger partial charge on any atom is 0.0664 e. The first-order valence-corrected chi connectivity index (χ1v) is 6.20. The fraction of sp³-hybridized carbons (Fsp3) is 1.00. The van der Waals surface area contributed by atoms with Crippen LogP contribution in [0, 0.1) is 11.8 Å². The summed E-state index contributed by atoms with van der Waals surface area (Å²) in [6.45, 7) is 2.71. The van der Waals surface area contributed by atoms with E-state index >= 15 is 0 Å². The zero-order chi connectivity index (χ0) is 9.80. The predicted molar refractivity (Wildman–Crippen MR) is 56.7 cm³/mol. The Morgan fingerprint density at radius 2 is 2.00 bits per heavy atom. The summed E-state index contributed by atoms with van der Waals surface area (Å²) in [5.41, 5.74) is 0. The van der Waals surface area contributed by atoms with E-state index in [1.807, 2.05) is 0 Å². The molecular formula is C11H19ClO2. The highest BCUT2D eigenvalue weighted by atomic mass is 35.5. The van der Waals surface area contributed by atoms with Gasteiger partial charge in [-0.2, -0.15) is 0 Å². The van der Waals surface area contributed by atoms with Gasteiger partial charge in [0.25, 0.3) is 0 Å². The van der Waals surface area contributed by atoms with E-state index in [1.165, 1.54) is 25.7 Å². The first-order valence-electron chi connectivity index (χ1n) is 5.67. The molecule has 2 aliphatic rings. The molecule has 0 aromatic heterocycles. The monoisotopic (exact) mass is 218 g/mol. The molecule has 2 fully saturated rings. The minimum Gasteiger partial charge on any atom is -0.381 e. The maximum absolute atomic E-state index is 5.97. The molecule has 0 aromatic rings. The summed E-state index contributed by atoms with van der Waals surface area (Å²) in [6, 6.07) is 0. The van der Waals surface area contributed by atoms with E-state index in [0.29, 0.717) is 17.9 Å². The van der Waals surface area contributed by atoms with Gasteiger partial charge in [0.15, 0.2) is 0 Å². The lowest BCUT2D eigenvalue weighted by Crippen LogP contribution is -2.40. The number of rotatable bonds is 2. The lowest BCUT2D eigenvalue weighted by molar-refractivity contribution is -0.0908. The molecule has 0 spiro atoms. The SMILES string of the molecule is ClCC1CCCOC1C1CCCOC1. The molecule has 2 heterocycles. The first kappa shape index (κ1) is 10.7. The normalized spacial score (nSPS) is 39.6. The van der Waals surface area contributed by atoms with Gasteiger partial charge in [-0.3, -0.25) is 0 Å². The van der Waals surface area contributed by atoms with Crippen LogP contribution in [0.4, 0.5) is 0 Å². The zero-order valence-corrected chi connectivity index (χ0v) is 9.34. The Hall–Kier alpha value is 0.210. The molecular weight excluding hydrogens is 200 g/mol. The Balaban J connectivity index is 1.91. The Kier molecular flexibility index (Phi) is 4.09. The minimum atomic E-state index is 0.363. The van der Waals surface area contributed by atoms with Crippen LogP contribution in [-0.4, -0.2) is 31.8 Å². The molecule has 2 nitrogen and oxygen atoms in total. The second kappa shape index (κ2) is 5.34.